The van der Waals surface area contributed by atoms with Crippen molar-refractivity contribution in [3.63, 3.8) is 0 Å². The average Bonchev–Trinajstić information content (AvgIpc) is 2.68. The summed E-state index contributed by atoms with van der Waals surface area (Å²) in [6.07, 6.45) is 9.72. The van der Waals surface area contributed by atoms with Crippen molar-refractivity contribution >= 4 is 11.8 Å². The van der Waals surface area contributed by atoms with E-state index in [0.29, 0.717) is 25.1 Å². The van der Waals surface area contributed by atoms with Crippen LogP contribution in [0.3, 0.4) is 0 Å². The fourth-order valence-corrected chi connectivity index (χ4v) is 4.16. The molecule has 142 valence electrons. The molecular formula is C21H30N2O3. The molecule has 1 aliphatic carbocycles. The lowest BCUT2D eigenvalue weighted by Crippen LogP contribution is -2.46. The van der Waals surface area contributed by atoms with Crippen LogP contribution in [-0.4, -0.2) is 41.0 Å². The molecule has 1 aliphatic heterocycles. The van der Waals surface area contributed by atoms with Crippen molar-refractivity contribution in [2.24, 2.45) is 5.92 Å². The molecule has 0 aromatic heterocycles. The monoisotopic (exact) mass is 358 g/mol. The second kappa shape index (κ2) is 9.06. The third-order valence-corrected chi connectivity index (χ3v) is 5.79. The molecule has 1 aromatic rings. The molecule has 1 saturated carbocycles. The summed E-state index contributed by atoms with van der Waals surface area (Å²) in [4.78, 5) is 26.5. The zero-order valence-corrected chi connectivity index (χ0v) is 15.5. The van der Waals surface area contributed by atoms with Gasteiger partial charge in [0.25, 0.3) is 5.91 Å². The highest BCUT2D eigenvalue weighted by atomic mass is 16.3. The van der Waals surface area contributed by atoms with Crippen LogP contribution in [0.1, 0.15) is 68.1 Å². The van der Waals surface area contributed by atoms with Crippen LogP contribution in [0.4, 0.5) is 0 Å². The van der Waals surface area contributed by atoms with E-state index in [1.54, 1.807) is 23.1 Å². The predicted molar refractivity (Wildman–Crippen MR) is 101 cm³/mol. The van der Waals surface area contributed by atoms with Gasteiger partial charge in [-0.25, -0.2) is 0 Å². The van der Waals surface area contributed by atoms with Crippen molar-refractivity contribution in [1.29, 1.82) is 0 Å². The Balaban J connectivity index is 1.40. The Kier molecular flexibility index (Phi) is 6.53. The van der Waals surface area contributed by atoms with Crippen molar-refractivity contribution in [1.82, 2.24) is 10.2 Å². The van der Waals surface area contributed by atoms with Crippen LogP contribution < -0.4 is 5.32 Å². The van der Waals surface area contributed by atoms with Gasteiger partial charge in [-0.3, -0.25) is 9.59 Å². The summed E-state index contributed by atoms with van der Waals surface area (Å²) in [5, 5.41) is 13.0. The fraction of sp³-hybridized carbons (Fsp3) is 0.619. The number of aromatic hydroxyl groups is 1. The van der Waals surface area contributed by atoms with Gasteiger partial charge in [0.2, 0.25) is 5.91 Å². The Morgan fingerprint density at radius 2 is 1.73 bits per heavy atom. The Labute approximate surface area is 155 Å². The maximum absolute atomic E-state index is 12.5. The van der Waals surface area contributed by atoms with E-state index in [2.05, 4.69) is 5.32 Å². The minimum Gasteiger partial charge on any atom is -0.507 e. The minimum absolute atomic E-state index is 0.0237. The van der Waals surface area contributed by atoms with Crippen molar-refractivity contribution < 1.29 is 14.7 Å². The normalized spacial score (nSPS) is 19.3. The number of hydrogen-bond acceptors (Lipinski definition) is 3. The predicted octanol–water partition coefficient (Wildman–Crippen LogP) is 3.47. The fourth-order valence-electron chi connectivity index (χ4n) is 4.16. The van der Waals surface area contributed by atoms with Gasteiger partial charge in [0, 0.05) is 25.6 Å². The molecule has 1 aromatic carbocycles. The first-order valence-corrected chi connectivity index (χ1v) is 10.00. The van der Waals surface area contributed by atoms with Crippen LogP contribution >= 0.6 is 0 Å². The molecule has 0 unspecified atom stereocenters. The topological polar surface area (TPSA) is 69.6 Å². The number of carbonyl (C=O) groups excluding carboxylic acids is 2. The van der Waals surface area contributed by atoms with Crippen LogP contribution in [-0.2, 0) is 4.79 Å². The van der Waals surface area contributed by atoms with Gasteiger partial charge in [-0.2, -0.15) is 0 Å². The van der Waals surface area contributed by atoms with Crippen LogP contribution in [0.5, 0.6) is 5.75 Å². The maximum Gasteiger partial charge on any atom is 0.257 e. The Morgan fingerprint density at radius 3 is 2.42 bits per heavy atom. The highest BCUT2D eigenvalue weighted by Crippen LogP contribution is 2.27. The van der Waals surface area contributed by atoms with Crippen molar-refractivity contribution in [3.05, 3.63) is 29.8 Å². The molecule has 2 aliphatic rings. The summed E-state index contributed by atoms with van der Waals surface area (Å²) < 4.78 is 0. The van der Waals surface area contributed by atoms with E-state index in [-0.39, 0.29) is 23.6 Å². The lowest BCUT2D eigenvalue weighted by molar-refractivity contribution is -0.122. The highest BCUT2D eigenvalue weighted by Gasteiger charge is 2.26. The molecule has 3 rings (SSSR count). The molecule has 1 saturated heterocycles. The molecule has 2 N–H and O–H groups in total. The molecule has 2 amide bonds. The molecule has 5 heteroatoms. The number of hydrogen-bond donors (Lipinski definition) is 2. The third kappa shape index (κ3) is 4.99. The summed E-state index contributed by atoms with van der Waals surface area (Å²) >= 11 is 0. The number of benzene rings is 1. The number of phenols is 1. The molecule has 5 nitrogen and oxygen atoms in total. The number of nitrogens with one attached hydrogen (secondary N) is 1. The average molecular weight is 358 g/mol. The van der Waals surface area contributed by atoms with Crippen molar-refractivity contribution in [3.8, 4) is 5.75 Å². The van der Waals surface area contributed by atoms with E-state index in [9.17, 15) is 14.7 Å². The highest BCUT2D eigenvalue weighted by molar-refractivity contribution is 5.96. The molecule has 26 heavy (non-hydrogen) atoms. The van der Waals surface area contributed by atoms with Gasteiger partial charge in [-0.05, 0) is 37.3 Å². The van der Waals surface area contributed by atoms with E-state index in [1.165, 1.54) is 38.2 Å². The van der Waals surface area contributed by atoms with Crippen molar-refractivity contribution in [2.75, 3.05) is 13.1 Å². The SMILES string of the molecule is O=C(CCC1CCCCC1)NC1CCN(C(=O)c2ccccc2O)CC1. The van der Waals surface area contributed by atoms with E-state index in [4.69, 9.17) is 0 Å². The summed E-state index contributed by atoms with van der Waals surface area (Å²) in [6.45, 7) is 1.22. The lowest BCUT2D eigenvalue weighted by atomic mass is 9.86. The van der Waals surface area contributed by atoms with Gasteiger partial charge in [0.1, 0.15) is 5.75 Å². The van der Waals surface area contributed by atoms with Crippen LogP contribution in [0, 0.1) is 5.92 Å². The smallest absolute Gasteiger partial charge is 0.257 e. The van der Waals surface area contributed by atoms with Gasteiger partial charge in [-0.15, -0.1) is 0 Å². The lowest BCUT2D eigenvalue weighted by Gasteiger charge is -2.32. The first kappa shape index (κ1) is 18.7. The van der Waals surface area contributed by atoms with E-state index in [0.717, 1.165) is 25.2 Å². The summed E-state index contributed by atoms with van der Waals surface area (Å²) in [5.74, 6) is 0.773. The zero-order chi connectivity index (χ0) is 18.4. The number of amides is 2. The second-order valence-electron chi connectivity index (χ2n) is 7.69. The van der Waals surface area contributed by atoms with Crippen LogP contribution in [0.2, 0.25) is 0 Å². The maximum atomic E-state index is 12.5. The summed E-state index contributed by atoms with van der Waals surface area (Å²) in [7, 11) is 0. The molecule has 2 fully saturated rings. The number of nitrogens with zero attached hydrogens (tertiary/aromatic N) is 1. The summed E-state index contributed by atoms with van der Waals surface area (Å²) in [6, 6.07) is 6.80. The van der Waals surface area contributed by atoms with Crippen molar-refractivity contribution in [2.45, 2.75) is 63.8 Å². The third-order valence-electron chi connectivity index (χ3n) is 5.79. The van der Waals surface area contributed by atoms with Gasteiger partial charge < -0.3 is 15.3 Å². The first-order valence-electron chi connectivity index (χ1n) is 10.00. The number of likely N-dealkylation sites (tertiary alicyclic amines) is 1. The Bertz CT molecular complexity index is 617. The Hall–Kier alpha value is -2.04. The first-order chi connectivity index (χ1) is 12.6. The number of para-hydroxylation sites is 1. The molecule has 0 atom stereocenters. The largest absolute Gasteiger partial charge is 0.507 e. The van der Waals surface area contributed by atoms with Gasteiger partial charge in [0.15, 0.2) is 0 Å². The quantitative estimate of drug-likeness (QED) is 0.847. The number of rotatable bonds is 5. The standard InChI is InChI=1S/C21H30N2O3/c24-19-9-5-4-8-18(19)21(26)23-14-12-17(13-15-23)22-20(25)11-10-16-6-2-1-3-7-16/h4-5,8-9,16-17,24H,1-3,6-7,10-15H2,(H,22,25). The molecule has 0 bridgehead atoms. The molecule has 0 spiro atoms. The Morgan fingerprint density at radius 1 is 1.04 bits per heavy atom. The zero-order valence-electron chi connectivity index (χ0n) is 15.5. The second-order valence-corrected chi connectivity index (χ2v) is 7.69. The van der Waals surface area contributed by atoms with E-state index >= 15 is 0 Å². The molecular weight excluding hydrogens is 328 g/mol. The molecule has 0 radical (unpaired) electrons. The van der Waals surface area contributed by atoms with E-state index in [1.807, 2.05) is 0 Å². The number of phenolic OH excluding ortho intramolecular Hbond substituents is 1. The van der Waals surface area contributed by atoms with E-state index < -0.39 is 0 Å². The van der Waals surface area contributed by atoms with Gasteiger partial charge in [0.05, 0.1) is 5.56 Å². The number of piperidine rings is 1. The van der Waals surface area contributed by atoms with Gasteiger partial charge in [-0.1, -0.05) is 44.2 Å². The summed E-state index contributed by atoms with van der Waals surface area (Å²) in [5.41, 5.74) is 0.350. The number of carbonyl (C=O) groups is 2. The van der Waals surface area contributed by atoms with Crippen LogP contribution in [0.25, 0.3) is 0 Å². The van der Waals surface area contributed by atoms with Gasteiger partial charge >= 0.3 is 0 Å². The minimum atomic E-state index is -0.134. The van der Waals surface area contributed by atoms with Crippen LogP contribution in [0.15, 0.2) is 24.3 Å². The molecule has 1 heterocycles.